The van der Waals surface area contributed by atoms with Crippen molar-refractivity contribution in [2.45, 2.75) is 84.5 Å². The van der Waals surface area contributed by atoms with E-state index >= 15 is 0 Å². The van der Waals surface area contributed by atoms with Crippen molar-refractivity contribution in [2.75, 3.05) is 0 Å². The maximum absolute atomic E-state index is 4.08. The third-order valence-electron chi connectivity index (χ3n) is 11.8. The fourth-order valence-electron chi connectivity index (χ4n) is 8.60. The summed E-state index contributed by atoms with van der Waals surface area (Å²) in [6.07, 6.45) is 5.73. The largest absolute Gasteiger partial charge is 3.00 e. The molecule has 1 unspecified atom stereocenters. The molecule has 0 bridgehead atoms. The molecular weight excluding hydrogens is 875 g/mol. The second-order valence-electron chi connectivity index (χ2n) is 18.0. The van der Waals surface area contributed by atoms with Gasteiger partial charge in [0.25, 0.3) is 0 Å². The molecule has 0 spiro atoms. The van der Waals surface area contributed by atoms with E-state index in [1.54, 1.807) is 0 Å². The summed E-state index contributed by atoms with van der Waals surface area (Å²) in [6.45, 7) is 16.3. The Balaban J connectivity index is 0.000000377. The van der Waals surface area contributed by atoms with E-state index in [1.807, 2.05) is 0 Å². The molecule has 9 rings (SSSR count). The van der Waals surface area contributed by atoms with Crippen molar-refractivity contribution in [3.05, 3.63) is 208 Å². The zero-order valence-corrected chi connectivity index (χ0v) is 41.5. The van der Waals surface area contributed by atoms with Crippen molar-refractivity contribution in [3.8, 4) is 33.4 Å². The summed E-state index contributed by atoms with van der Waals surface area (Å²) in [5, 5.41) is 2.79. The summed E-state index contributed by atoms with van der Waals surface area (Å²) >= 11 is 0. The predicted molar refractivity (Wildman–Crippen MR) is 251 cm³/mol. The van der Waals surface area contributed by atoms with Crippen molar-refractivity contribution in [1.82, 2.24) is 0 Å². The molecule has 61 heavy (non-hydrogen) atoms. The summed E-state index contributed by atoms with van der Waals surface area (Å²) in [5.74, 6) is 0.232. The first kappa shape index (κ1) is 48.0. The van der Waals surface area contributed by atoms with Crippen LogP contribution in [0, 0.1) is 6.07 Å². The first-order chi connectivity index (χ1) is 28.0. The standard InChI is InChI=1S/C45H45.C12H10Si.2ClH.Zr/c1-8-13-33-25-39-36(31-20-18-30(19-21-31)29-14-10-9-11-15-29)16-12-17-37(39)43(33)42-28-35(45(5,6)7)27-41-38-26-34(44(2,3)4)23-22-32(38)24-40(41)42;1-3-7-11(8-4-1)13-12-9-5-2-6-10-12;;;/h9-12,14-23,25-27,43H,8,13,24H2,1-7H3;1-10H;2*1H;/q-1;;;;+3/p-2. The number of hydrogen-bond donors (Lipinski definition) is 0. The molecule has 1 atom stereocenters. The first-order valence-corrected chi connectivity index (χ1v) is 22.1. The average molecular weight is 930 g/mol. The smallest absolute Gasteiger partial charge is 1.00 e. The van der Waals surface area contributed by atoms with Gasteiger partial charge in [-0.2, -0.15) is 17.7 Å². The van der Waals surface area contributed by atoms with Crippen LogP contribution in [0.4, 0.5) is 0 Å². The minimum atomic E-state index is 0. The summed E-state index contributed by atoms with van der Waals surface area (Å²) in [6, 6.07) is 61.6. The minimum absolute atomic E-state index is 0. The number of halogens is 2. The molecule has 0 saturated carbocycles. The molecule has 0 heterocycles. The van der Waals surface area contributed by atoms with Crippen LogP contribution in [-0.2, 0) is 43.5 Å². The van der Waals surface area contributed by atoms with E-state index < -0.39 is 0 Å². The second-order valence-corrected chi connectivity index (χ2v) is 19.5. The molecule has 0 N–H and O–H groups in total. The number of allylic oxidation sites excluding steroid dienone is 1. The number of benzene rings is 7. The third kappa shape index (κ3) is 10.6. The average Bonchev–Trinajstić information content (AvgIpc) is 3.79. The molecule has 3 radical (unpaired) electrons. The van der Waals surface area contributed by atoms with Gasteiger partial charge in [0.2, 0.25) is 0 Å². The zero-order chi connectivity index (χ0) is 40.4. The third-order valence-corrected chi connectivity index (χ3v) is 13.0. The summed E-state index contributed by atoms with van der Waals surface area (Å²) in [5.41, 5.74) is 19.4. The van der Waals surface area contributed by atoms with Crippen LogP contribution in [0.5, 0.6) is 0 Å². The van der Waals surface area contributed by atoms with Gasteiger partial charge in [-0.25, -0.2) is 0 Å². The predicted octanol–water partition coefficient (Wildman–Crippen LogP) is 7.66. The van der Waals surface area contributed by atoms with Gasteiger partial charge in [0.15, 0.2) is 0 Å². The zero-order valence-electron chi connectivity index (χ0n) is 36.5. The van der Waals surface area contributed by atoms with E-state index in [-0.39, 0.29) is 67.8 Å². The number of fused-ring (bicyclic) bond motifs is 4. The van der Waals surface area contributed by atoms with E-state index in [1.165, 1.54) is 88.3 Å². The monoisotopic (exact) mass is 927 g/mol. The van der Waals surface area contributed by atoms with Crippen LogP contribution in [0.2, 0.25) is 0 Å². The van der Waals surface area contributed by atoms with Gasteiger partial charge in [0.1, 0.15) is 9.52 Å². The summed E-state index contributed by atoms with van der Waals surface area (Å²) in [7, 11) is 0.777. The Hall–Kier alpha value is -4.04. The molecule has 7 aromatic rings. The van der Waals surface area contributed by atoms with Crippen LogP contribution in [-0.4, -0.2) is 9.52 Å². The minimum Gasteiger partial charge on any atom is -1.00 e. The van der Waals surface area contributed by atoms with Crippen LogP contribution in [0.1, 0.15) is 106 Å². The van der Waals surface area contributed by atoms with Crippen LogP contribution < -0.4 is 35.2 Å². The Morgan fingerprint density at radius 2 is 1.15 bits per heavy atom. The Morgan fingerprint density at radius 1 is 0.574 bits per heavy atom. The van der Waals surface area contributed by atoms with Crippen molar-refractivity contribution in [2.24, 2.45) is 0 Å². The summed E-state index contributed by atoms with van der Waals surface area (Å²) < 4.78 is 0. The Morgan fingerprint density at radius 3 is 1.72 bits per heavy atom. The van der Waals surface area contributed by atoms with Gasteiger partial charge in [-0.05, 0) is 73.7 Å². The van der Waals surface area contributed by atoms with E-state index in [0.29, 0.717) is 0 Å². The molecule has 0 fully saturated rings. The van der Waals surface area contributed by atoms with Gasteiger partial charge in [0, 0.05) is 5.92 Å². The van der Waals surface area contributed by atoms with Crippen LogP contribution in [0.25, 0.3) is 39.5 Å². The van der Waals surface area contributed by atoms with Gasteiger partial charge < -0.3 is 24.8 Å². The van der Waals surface area contributed by atoms with Crippen molar-refractivity contribution in [1.29, 1.82) is 0 Å². The molecule has 0 nitrogen and oxygen atoms in total. The number of rotatable bonds is 7. The van der Waals surface area contributed by atoms with Crippen LogP contribution in [0.15, 0.2) is 163 Å². The topological polar surface area (TPSA) is 0 Å². The maximum atomic E-state index is 4.08. The van der Waals surface area contributed by atoms with E-state index in [4.69, 9.17) is 0 Å². The fraction of sp³-hybridized carbons (Fsp3) is 0.228. The van der Waals surface area contributed by atoms with Gasteiger partial charge in [-0.3, -0.25) is 0 Å². The second kappa shape index (κ2) is 20.4. The molecule has 2 aliphatic rings. The molecule has 4 heteroatoms. The number of hydrogen-bond acceptors (Lipinski definition) is 0. The molecule has 2 aliphatic carbocycles. The van der Waals surface area contributed by atoms with Crippen molar-refractivity contribution in [3.63, 3.8) is 0 Å². The normalized spacial score (nSPS) is 13.5. The quantitative estimate of drug-likeness (QED) is 0.114. The van der Waals surface area contributed by atoms with E-state index in [2.05, 4.69) is 218 Å². The first-order valence-electron chi connectivity index (χ1n) is 21.1. The van der Waals surface area contributed by atoms with E-state index in [0.717, 1.165) is 28.8 Å². The Bertz CT molecular complexity index is 2530. The Kier molecular flexibility index (Phi) is 16.1. The molecule has 0 aliphatic heterocycles. The SMILES string of the molecule is CCCC1=Cc2c(-c3ccc(-c4ccccc4)cc3)cccc2C1c1[c-]c(C(C)(C)C)cc2c1Cc1ccc(C(C)(C)C)cc1-2.[Cl-].[Cl-].[Zr+3].c1ccc([Si]c2ccccc2)cc1. The molecule has 0 amide bonds. The van der Waals surface area contributed by atoms with Crippen molar-refractivity contribution < 1.29 is 51.0 Å². The van der Waals surface area contributed by atoms with Gasteiger partial charge in [-0.15, -0.1) is 16.7 Å². The molecular formula is C57H55Cl2SiZr. The fourth-order valence-corrected chi connectivity index (χ4v) is 9.65. The van der Waals surface area contributed by atoms with Crippen LogP contribution >= 0.6 is 0 Å². The Labute approximate surface area is 400 Å². The van der Waals surface area contributed by atoms with Gasteiger partial charge >= 0.3 is 26.2 Å². The molecule has 0 saturated heterocycles. The van der Waals surface area contributed by atoms with E-state index in [9.17, 15) is 0 Å². The van der Waals surface area contributed by atoms with Crippen molar-refractivity contribution >= 4 is 26.0 Å². The summed E-state index contributed by atoms with van der Waals surface area (Å²) in [4.78, 5) is 0. The van der Waals surface area contributed by atoms with Crippen LogP contribution in [0.3, 0.4) is 0 Å². The molecule has 7 aromatic carbocycles. The molecule has 0 aromatic heterocycles. The van der Waals surface area contributed by atoms with Gasteiger partial charge in [-0.1, -0.05) is 229 Å². The van der Waals surface area contributed by atoms with Gasteiger partial charge in [0.05, 0.1) is 0 Å². The maximum Gasteiger partial charge on any atom is 3.00 e. The molecule has 305 valence electrons.